The van der Waals surface area contributed by atoms with Crippen molar-refractivity contribution in [2.75, 3.05) is 0 Å². The van der Waals surface area contributed by atoms with E-state index in [4.69, 9.17) is 0 Å². The Balaban J connectivity index is 2.41. The van der Waals surface area contributed by atoms with Crippen LogP contribution in [-0.2, 0) is 0 Å². The summed E-state index contributed by atoms with van der Waals surface area (Å²) in [5.41, 5.74) is 0. The van der Waals surface area contributed by atoms with Crippen LogP contribution in [0.25, 0.3) is 0 Å². The van der Waals surface area contributed by atoms with Gasteiger partial charge in [-0.1, -0.05) is 0 Å². The molecule has 0 unspecified atom stereocenters. The number of hydrogen-bond donors (Lipinski definition) is 0. The van der Waals surface area contributed by atoms with Crippen LogP contribution in [0.1, 0.15) is 0 Å². The average molecular weight is 367 g/mol. The molecular formula is C20H16F2Ge. The van der Waals surface area contributed by atoms with E-state index in [2.05, 4.69) is 0 Å². The third kappa shape index (κ3) is 2.75. The van der Waals surface area contributed by atoms with Gasteiger partial charge in [0, 0.05) is 0 Å². The molecule has 0 aliphatic carbocycles. The molecule has 0 amide bonds. The van der Waals surface area contributed by atoms with Gasteiger partial charge in [0.1, 0.15) is 0 Å². The van der Waals surface area contributed by atoms with Crippen LogP contribution in [0.15, 0.2) is 102 Å². The van der Waals surface area contributed by atoms with E-state index in [0.29, 0.717) is 0 Å². The van der Waals surface area contributed by atoms with Crippen molar-refractivity contribution < 1.29 is 8.78 Å². The zero-order valence-corrected chi connectivity index (χ0v) is 14.6. The zero-order valence-electron chi connectivity index (χ0n) is 12.5. The van der Waals surface area contributed by atoms with Crippen LogP contribution >= 0.6 is 0 Å². The van der Waals surface area contributed by atoms with Crippen LogP contribution in [0.3, 0.4) is 0 Å². The van der Waals surface area contributed by atoms with E-state index in [1.807, 2.05) is 91.0 Å². The van der Waals surface area contributed by atoms with Gasteiger partial charge >= 0.3 is 137 Å². The molecule has 0 fully saturated rings. The summed E-state index contributed by atoms with van der Waals surface area (Å²) in [4.78, 5) is 0. The summed E-state index contributed by atoms with van der Waals surface area (Å²) in [7, 11) is 0. The fourth-order valence-electron chi connectivity index (χ4n) is 3.06. The summed E-state index contributed by atoms with van der Waals surface area (Å²) in [6, 6.07) is 28.4. The first-order valence-corrected chi connectivity index (χ1v) is 11.6. The van der Waals surface area contributed by atoms with Crippen molar-refractivity contribution in [1.29, 1.82) is 0 Å². The SMILES string of the molecule is F/C=[C](\F)[Ge]([c]1ccccc1)([c]1ccccc1)[c]1ccccc1. The molecule has 114 valence electrons. The monoisotopic (exact) mass is 368 g/mol. The van der Waals surface area contributed by atoms with Crippen LogP contribution in [0.5, 0.6) is 0 Å². The molecule has 0 nitrogen and oxygen atoms in total. The molecule has 23 heavy (non-hydrogen) atoms. The summed E-state index contributed by atoms with van der Waals surface area (Å²) >= 11 is -3.88. The van der Waals surface area contributed by atoms with E-state index in [9.17, 15) is 4.39 Å². The quantitative estimate of drug-likeness (QED) is 0.620. The van der Waals surface area contributed by atoms with Crippen LogP contribution < -0.4 is 13.2 Å². The summed E-state index contributed by atoms with van der Waals surface area (Å²) < 4.78 is 30.5. The molecule has 0 atom stereocenters. The van der Waals surface area contributed by atoms with Gasteiger partial charge in [-0.15, -0.1) is 0 Å². The van der Waals surface area contributed by atoms with Gasteiger partial charge in [0.2, 0.25) is 0 Å². The average Bonchev–Trinajstić information content (AvgIpc) is 2.65. The third-order valence-electron chi connectivity index (χ3n) is 4.07. The number of rotatable bonds is 4. The molecule has 0 saturated heterocycles. The van der Waals surface area contributed by atoms with Gasteiger partial charge in [0.15, 0.2) is 0 Å². The third-order valence-corrected chi connectivity index (χ3v) is 13.4. The second-order valence-corrected chi connectivity index (χ2v) is 13.1. The molecule has 0 bridgehead atoms. The summed E-state index contributed by atoms with van der Waals surface area (Å²) in [5.74, 6) is 0. The molecule has 0 spiro atoms. The molecule has 0 radical (unpaired) electrons. The van der Waals surface area contributed by atoms with Gasteiger partial charge < -0.3 is 0 Å². The van der Waals surface area contributed by atoms with Crippen LogP contribution in [0, 0.1) is 0 Å². The molecule has 3 rings (SSSR count). The maximum atomic E-state index is 15.1. The van der Waals surface area contributed by atoms with Gasteiger partial charge in [0.25, 0.3) is 0 Å². The predicted octanol–water partition coefficient (Wildman–Crippen LogP) is 3.48. The van der Waals surface area contributed by atoms with E-state index in [-0.39, 0.29) is 6.33 Å². The first-order valence-electron chi connectivity index (χ1n) is 7.43. The second-order valence-electron chi connectivity index (χ2n) is 5.31. The van der Waals surface area contributed by atoms with Gasteiger partial charge in [0.05, 0.1) is 0 Å². The Morgan fingerprint density at radius 2 is 0.913 bits per heavy atom. The summed E-state index contributed by atoms with van der Waals surface area (Å²) in [5, 5.41) is 0. The minimum absolute atomic E-state index is 0.146. The maximum absolute atomic E-state index is 15.1. The Labute approximate surface area is 137 Å². The fourth-order valence-corrected chi connectivity index (χ4v) is 11.6. The van der Waals surface area contributed by atoms with Crippen LogP contribution in [0.4, 0.5) is 8.78 Å². The first-order chi connectivity index (χ1) is 11.3. The molecule has 0 aliphatic rings. The first kappa shape index (κ1) is 15.7. The normalized spacial score (nSPS) is 12.2. The molecule has 3 heteroatoms. The molecule has 0 N–H and O–H groups in total. The van der Waals surface area contributed by atoms with E-state index in [1.165, 1.54) is 0 Å². The van der Waals surface area contributed by atoms with Crippen molar-refractivity contribution in [3.63, 3.8) is 0 Å². The van der Waals surface area contributed by atoms with Crippen molar-refractivity contribution in [3.8, 4) is 0 Å². The van der Waals surface area contributed by atoms with E-state index >= 15 is 4.39 Å². The van der Waals surface area contributed by atoms with E-state index in [0.717, 1.165) is 13.2 Å². The second kappa shape index (κ2) is 6.92. The number of benzene rings is 3. The summed E-state index contributed by atoms with van der Waals surface area (Å²) in [6.07, 6.45) is 0.146. The Bertz CT molecular complexity index is 687. The van der Waals surface area contributed by atoms with Gasteiger partial charge in [-0.25, -0.2) is 0 Å². The standard InChI is InChI=1S/C20H16F2Ge/c21-16-20(22)23(17-10-4-1-5-11-17,18-12-6-2-7-13-18)19-14-8-3-9-15-19/h1-16H/b20-16+. The fraction of sp³-hybridized carbons (Fsp3) is 0. The Kier molecular flexibility index (Phi) is 4.72. The zero-order chi connectivity index (χ0) is 16.1. The van der Waals surface area contributed by atoms with Crippen LogP contribution in [0.2, 0.25) is 0 Å². The minimum atomic E-state index is -3.88. The number of hydrogen-bond acceptors (Lipinski definition) is 0. The molecule has 0 saturated carbocycles. The van der Waals surface area contributed by atoms with Crippen LogP contribution in [-0.4, -0.2) is 13.3 Å². The van der Waals surface area contributed by atoms with E-state index < -0.39 is 17.9 Å². The van der Waals surface area contributed by atoms with Crippen molar-refractivity contribution in [2.45, 2.75) is 0 Å². The van der Waals surface area contributed by atoms with Gasteiger partial charge in [-0.3, -0.25) is 0 Å². The number of halogens is 2. The Morgan fingerprint density at radius 1 is 0.609 bits per heavy atom. The van der Waals surface area contributed by atoms with Crippen molar-refractivity contribution >= 4 is 26.5 Å². The molecule has 0 aliphatic heterocycles. The molecular weight excluding hydrogens is 351 g/mol. The van der Waals surface area contributed by atoms with Gasteiger partial charge in [-0.05, 0) is 0 Å². The predicted molar refractivity (Wildman–Crippen MR) is 94.3 cm³/mol. The Morgan fingerprint density at radius 3 is 1.17 bits per heavy atom. The molecule has 3 aromatic carbocycles. The van der Waals surface area contributed by atoms with Crippen molar-refractivity contribution in [3.05, 3.63) is 102 Å². The van der Waals surface area contributed by atoms with E-state index in [1.54, 1.807) is 0 Å². The molecule has 0 aromatic heterocycles. The van der Waals surface area contributed by atoms with Crippen molar-refractivity contribution in [1.82, 2.24) is 0 Å². The Hall–Kier alpha value is -2.20. The summed E-state index contributed by atoms with van der Waals surface area (Å²) in [6.45, 7) is 0. The molecule has 3 aromatic rings. The van der Waals surface area contributed by atoms with Gasteiger partial charge in [-0.2, -0.15) is 0 Å². The topological polar surface area (TPSA) is 0 Å². The molecule has 0 heterocycles. The van der Waals surface area contributed by atoms with Crippen molar-refractivity contribution in [2.24, 2.45) is 0 Å².